The van der Waals surface area contributed by atoms with E-state index in [1.165, 1.54) is 12.8 Å². The van der Waals surface area contributed by atoms with Gasteiger partial charge in [-0.15, -0.1) is 0 Å². The van der Waals surface area contributed by atoms with Crippen LogP contribution in [0.3, 0.4) is 0 Å². The number of hydrogen-bond acceptors (Lipinski definition) is 2. The molecule has 1 amide bonds. The van der Waals surface area contributed by atoms with Gasteiger partial charge in [0.15, 0.2) is 5.82 Å². The van der Waals surface area contributed by atoms with E-state index in [0.29, 0.717) is 24.8 Å². The molecule has 4 nitrogen and oxygen atoms in total. The van der Waals surface area contributed by atoms with Crippen LogP contribution < -0.4 is 5.32 Å². The van der Waals surface area contributed by atoms with Crippen molar-refractivity contribution in [2.45, 2.75) is 39.7 Å². The maximum Gasteiger partial charge on any atom is 0.287 e. The van der Waals surface area contributed by atoms with Crippen LogP contribution in [-0.2, 0) is 6.54 Å². The molecule has 142 valence electrons. The summed E-state index contributed by atoms with van der Waals surface area (Å²) < 4.78 is 2.98. The van der Waals surface area contributed by atoms with Gasteiger partial charge in [-0.1, -0.05) is 73.0 Å². The van der Waals surface area contributed by atoms with E-state index >= 15 is 0 Å². The van der Waals surface area contributed by atoms with Gasteiger partial charge in [0.25, 0.3) is 5.91 Å². The minimum absolute atomic E-state index is 0.110. The highest BCUT2D eigenvalue weighted by Crippen LogP contribution is 2.22. The Labute approximate surface area is 169 Å². The standard InChI is InChI=1S/C22H26BrN3O/c1-3-4-8-16(2)14-24-22(27)21-25-19-12-11-18(23)13-20(19)26(21)15-17-9-6-5-7-10-17/h5-7,9-13,16H,3-4,8,14-15H2,1-2H3,(H,24,27)/t16-/m0/s1. The number of rotatable bonds is 8. The average molecular weight is 428 g/mol. The van der Waals surface area contributed by atoms with E-state index in [1.807, 2.05) is 41.0 Å². The molecule has 2 aromatic carbocycles. The largest absolute Gasteiger partial charge is 0.349 e. The number of amides is 1. The molecule has 1 heterocycles. The average Bonchev–Trinajstić information content (AvgIpc) is 3.03. The Balaban J connectivity index is 1.87. The second-order valence-corrected chi connectivity index (χ2v) is 8.01. The summed E-state index contributed by atoms with van der Waals surface area (Å²) >= 11 is 3.53. The third-order valence-corrected chi connectivity index (χ3v) is 5.25. The molecule has 0 aliphatic rings. The number of imidazole rings is 1. The van der Waals surface area contributed by atoms with Gasteiger partial charge in [0.2, 0.25) is 0 Å². The Morgan fingerprint density at radius 3 is 2.74 bits per heavy atom. The second-order valence-electron chi connectivity index (χ2n) is 7.10. The highest BCUT2D eigenvalue weighted by molar-refractivity contribution is 9.10. The maximum absolute atomic E-state index is 12.9. The molecule has 0 radical (unpaired) electrons. The summed E-state index contributed by atoms with van der Waals surface area (Å²) in [7, 11) is 0. The molecule has 1 N–H and O–H groups in total. The molecule has 3 rings (SSSR count). The molecule has 0 aliphatic heterocycles. The number of carbonyl (C=O) groups is 1. The van der Waals surface area contributed by atoms with Crippen molar-refractivity contribution in [1.29, 1.82) is 0 Å². The summed E-state index contributed by atoms with van der Waals surface area (Å²) in [6, 6.07) is 16.1. The first-order chi connectivity index (χ1) is 13.1. The van der Waals surface area contributed by atoms with Crippen LogP contribution in [0.4, 0.5) is 0 Å². The molecule has 1 aromatic heterocycles. The monoisotopic (exact) mass is 427 g/mol. The van der Waals surface area contributed by atoms with Crippen molar-refractivity contribution < 1.29 is 4.79 Å². The summed E-state index contributed by atoms with van der Waals surface area (Å²) in [6.45, 7) is 5.66. The summed E-state index contributed by atoms with van der Waals surface area (Å²) in [5, 5.41) is 3.08. The highest BCUT2D eigenvalue weighted by Gasteiger charge is 2.18. The molecule has 0 fully saturated rings. The molecular weight excluding hydrogens is 402 g/mol. The second kappa shape index (κ2) is 9.18. The quantitative estimate of drug-likeness (QED) is 0.522. The van der Waals surface area contributed by atoms with Gasteiger partial charge < -0.3 is 9.88 Å². The van der Waals surface area contributed by atoms with E-state index in [1.54, 1.807) is 0 Å². The predicted molar refractivity (Wildman–Crippen MR) is 114 cm³/mol. The number of halogens is 1. The Bertz CT molecular complexity index is 905. The molecule has 0 aliphatic carbocycles. The van der Waals surface area contributed by atoms with Gasteiger partial charge in [0.1, 0.15) is 0 Å². The Kier molecular flexibility index (Phi) is 6.67. The number of unbranched alkanes of at least 4 members (excludes halogenated alkanes) is 1. The van der Waals surface area contributed by atoms with Crippen molar-refractivity contribution in [3.05, 3.63) is 64.4 Å². The van der Waals surface area contributed by atoms with E-state index in [2.05, 4.69) is 52.2 Å². The van der Waals surface area contributed by atoms with E-state index in [9.17, 15) is 4.79 Å². The number of fused-ring (bicyclic) bond motifs is 1. The fourth-order valence-corrected chi connectivity index (χ4v) is 3.54. The highest BCUT2D eigenvalue weighted by atomic mass is 79.9. The van der Waals surface area contributed by atoms with Gasteiger partial charge in [-0.2, -0.15) is 0 Å². The predicted octanol–water partition coefficient (Wildman–Crippen LogP) is 5.40. The zero-order chi connectivity index (χ0) is 19.2. The van der Waals surface area contributed by atoms with E-state index in [4.69, 9.17) is 0 Å². The topological polar surface area (TPSA) is 46.9 Å². The molecule has 0 saturated heterocycles. The number of benzene rings is 2. The van der Waals surface area contributed by atoms with Gasteiger partial charge in [0, 0.05) is 17.6 Å². The van der Waals surface area contributed by atoms with Crippen LogP contribution in [0, 0.1) is 5.92 Å². The smallest absolute Gasteiger partial charge is 0.287 e. The minimum Gasteiger partial charge on any atom is -0.349 e. The molecule has 0 saturated carbocycles. The van der Waals surface area contributed by atoms with E-state index in [0.717, 1.165) is 27.5 Å². The van der Waals surface area contributed by atoms with Crippen molar-refractivity contribution in [2.24, 2.45) is 5.92 Å². The Hall–Kier alpha value is -2.14. The SMILES string of the molecule is CCCC[C@H](C)CNC(=O)c1nc2ccc(Br)cc2n1Cc1ccccc1. The van der Waals surface area contributed by atoms with Crippen LogP contribution in [0.5, 0.6) is 0 Å². The van der Waals surface area contributed by atoms with Crippen molar-refractivity contribution in [3.63, 3.8) is 0 Å². The van der Waals surface area contributed by atoms with Crippen LogP contribution in [0.1, 0.15) is 49.3 Å². The molecule has 1 atom stereocenters. The number of hydrogen-bond donors (Lipinski definition) is 1. The summed E-state index contributed by atoms with van der Waals surface area (Å²) in [4.78, 5) is 17.5. The van der Waals surface area contributed by atoms with Crippen LogP contribution in [0.2, 0.25) is 0 Å². The van der Waals surface area contributed by atoms with Crippen molar-refractivity contribution in [3.8, 4) is 0 Å². The molecule has 5 heteroatoms. The van der Waals surface area contributed by atoms with Gasteiger partial charge in [0.05, 0.1) is 11.0 Å². The molecule has 0 unspecified atom stereocenters. The van der Waals surface area contributed by atoms with Gasteiger partial charge in [-0.05, 0) is 36.1 Å². The zero-order valence-corrected chi connectivity index (χ0v) is 17.5. The normalized spacial score (nSPS) is 12.3. The van der Waals surface area contributed by atoms with E-state index in [-0.39, 0.29) is 5.91 Å². The summed E-state index contributed by atoms with van der Waals surface area (Å²) in [5.41, 5.74) is 2.93. The summed E-state index contributed by atoms with van der Waals surface area (Å²) in [5.74, 6) is 0.825. The zero-order valence-electron chi connectivity index (χ0n) is 15.9. The molecule has 0 spiro atoms. The number of nitrogens with one attached hydrogen (secondary N) is 1. The first-order valence-corrected chi connectivity index (χ1v) is 10.4. The van der Waals surface area contributed by atoms with Gasteiger partial charge >= 0.3 is 0 Å². The number of carbonyl (C=O) groups excluding carboxylic acids is 1. The first-order valence-electron chi connectivity index (χ1n) is 9.56. The lowest BCUT2D eigenvalue weighted by Gasteiger charge is -2.13. The first kappa shape index (κ1) is 19.6. The molecule has 0 bridgehead atoms. The number of nitrogens with zero attached hydrogens (tertiary/aromatic N) is 2. The lowest BCUT2D eigenvalue weighted by molar-refractivity contribution is 0.0933. The maximum atomic E-state index is 12.9. The van der Waals surface area contributed by atoms with Gasteiger partial charge in [-0.3, -0.25) is 4.79 Å². The third kappa shape index (κ3) is 4.98. The molecular formula is C22H26BrN3O. The van der Waals surface area contributed by atoms with Crippen LogP contribution >= 0.6 is 15.9 Å². The van der Waals surface area contributed by atoms with E-state index < -0.39 is 0 Å². The fraction of sp³-hybridized carbons (Fsp3) is 0.364. The Morgan fingerprint density at radius 2 is 2.00 bits per heavy atom. The minimum atomic E-state index is -0.110. The van der Waals surface area contributed by atoms with Gasteiger partial charge in [-0.25, -0.2) is 4.98 Å². The fourth-order valence-electron chi connectivity index (χ4n) is 3.20. The molecule has 27 heavy (non-hydrogen) atoms. The number of aromatic nitrogens is 2. The van der Waals surface area contributed by atoms with Crippen LogP contribution in [-0.4, -0.2) is 22.0 Å². The third-order valence-electron chi connectivity index (χ3n) is 4.76. The van der Waals surface area contributed by atoms with Crippen LogP contribution in [0.25, 0.3) is 11.0 Å². The summed E-state index contributed by atoms with van der Waals surface area (Å²) in [6.07, 6.45) is 3.50. The van der Waals surface area contributed by atoms with Crippen molar-refractivity contribution >= 4 is 32.9 Å². The Morgan fingerprint density at radius 1 is 1.22 bits per heavy atom. The lowest BCUT2D eigenvalue weighted by atomic mass is 10.0. The van der Waals surface area contributed by atoms with Crippen LogP contribution in [0.15, 0.2) is 53.0 Å². The molecule has 3 aromatic rings. The lowest BCUT2D eigenvalue weighted by Crippen LogP contribution is -2.30. The van der Waals surface area contributed by atoms with Crippen molar-refractivity contribution in [1.82, 2.24) is 14.9 Å². The van der Waals surface area contributed by atoms with Crippen molar-refractivity contribution in [2.75, 3.05) is 6.54 Å².